The lowest BCUT2D eigenvalue weighted by molar-refractivity contribution is -0.0921. The van der Waals surface area contributed by atoms with E-state index in [9.17, 15) is 8.78 Å². The number of hydrogen-bond donors (Lipinski definition) is 1. The molecule has 1 aliphatic carbocycles. The van der Waals surface area contributed by atoms with Crippen molar-refractivity contribution in [1.29, 1.82) is 0 Å². The molecule has 0 amide bonds. The second-order valence-electron chi connectivity index (χ2n) is 9.91. The second-order valence-corrected chi connectivity index (χ2v) is 9.91. The number of piperidine rings is 1. The van der Waals surface area contributed by atoms with Gasteiger partial charge in [0.25, 0.3) is 5.92 Å². The summed E-state index contributed by atoms with van der Waals surface area (Å²) in [5.74, 6) is -2.58. The fraction of sp³-hybridized carbons (Fsp3) is 0.500. The van der Waals surface area contributed by atoms with Crippen molar-refractivity contribution in [3.8, 4) is 11.1 Å². The van der Waals surface area contributed by atoms with Gasteiger partial charge in [0.15, 0.2) is 0 Å². The van der Waals surface area contributed by atoms with Crippen molar-refractivity contribution < 1.29 is 8.78 Å². The van der Waals surface area contributed by atoms with Crippen LogP contribution in [0.1, 0.15) is 50.8 Å². The molecule has 1 aromatic carbocycles. The molecular weight excluding hydrogens is 434 g/mol. The number of rotatable bonds is 5. The van der Waals surface area contributed by atoms with E-state index in [1.54, 1.807) is 4.52 Å². The van der Waals surface area contributed by atoms with Gasteiger partial charge in [-0.15, -0.1) is 5.10 Å². The molecule has 1 saturated heterocycles. The smallest absolute Gasteiger partial charge is 0.280 e. The zero-order chi connectivity index (χ0) is 24.0. The van der Waals surface area contributed by atoms with Gasteiger partial charge >= 0.3 is 0 Å². The lowest BCUT2D eigenvalue weighted by Crippen LogP contribution is -2.58. The Bertz CT molecular complexity index is 1240. The number of alkyl halides is 2. The molecule has 2 aromatic heterocycles. The Kier molecular flexibility index (Phi) is 5.88. The van der Waals surface area contributed by atoms with Crippen LogP contribution in [0, 0.1) is 13.8 Å². The molecule has 6 nitrogen and oxygen atoms in total. The van der Waals surface area contributed by atoms with Gasteiger partial charge in [0.05, 0.1) is 29.5 Å². The normalized spacial score (nSPS) is 20.8. The van der Waals surface area contributed by atoms with Gasteiger partial charge in [0.2, 0.25) is 5.95 Å². The highest BCUT2D eigenvalue weighted by Crippen LogP contribution is 2.35. The van der Waals surface area contributed by atoms with E-state index >= 15 is 0 Å². The van der Waals surface area contributed by atoms with Crippen molar-refractivity contribution in [2.75, 3.05) is 18.4 Å². The highest BCUT2D eigenvalue weighted by molar-refractivity contribution is 5.85. The van der Waals surface area contributed by atoms with Gasteiger partial charge in [-0.2, -0.15) is 0 Å². The van der Waals surface area contributed by atoms with Crippen LogP contribution in [-0.2, 0) is 0 Å². The number of aliphatic imine (C=N–C) groups is 1. The van der Waals surface area contributed by atoms with Crippen molar-refractivity contribution in [3.63, 3.8) is 0 Å². The summed E-state index contributed by atoms with van der Waals surface area (Å²) >= 11 is 0. The van der Waals surface area contributed by atoms with Crippen LogP contribution in [-0.4, -0.2) is 56.3 Å². The number of aromatic nitrogens is 3. The van der Waals surface area contributed by atoms with Crippen molar-refractivity contribution in [1.82, 2.24) is 19.5 Å². The number of nitrogens with one attached hydrogen (secondary N) is 1. The summed E-state index contributed by atoms with van der Waals surface area (Å²) in [4.78, 5) is 11.1. The van der Waals surface area contributed by atoms with E-state index in [0.29, 0.717) is 19.0 Å². The third-order valence-corrected chi connectivity index (χ3v) is 7.06. The maximum atomic E-state index is 14.9. The highest BCUT2D eigenvalue weighted by Gasteiger charge is 2.47. The van der Waals surface area contributed by atoms with Crippen LogP contribution in [0.25, 0.3) is 16.6 Å². The molecular formula is C26H32F2N6. The van der Waals surface area contributed by atoms with Crippen LogP contribution in [0.5, 0.6) is 0 Å². The third-order valence-electron chi connectivity index (χ3n) is 7.06. The minimum absolute atomic E-state index is 0.193. The maximum absolute atomic E-state index is 14.9. The Hall–Kier alpha value is -2.87. The van der Waals surface area contributed by atoms with Gasteiger partial charge in [-0.1, -0.05) is 12.5 Å². The summed E-state index contributed by atoms with van der Waals surface area (Å²) in [6, 6.07) is 7.54. The van der Waals surface area contributed by atoms with Crippen LogP contribution in [0.3, 0.4) is 0 Å². The first-order valence-electron chi connectivity index (χ1n) is 12.1. The van der Waals surface area contributed by atoms with E-state index in [4.69, 9.17) is 0 Å². The van der Waals surface area contributed by atoms with Crippen molar-refractivity contribution in [2.24, 2.45) is 4.99 Å². The first kappa shape index (κ1) is 22.9. The zero-order valence-electron chi connectivity index (χ0n) is 20.3. The Morgan fingerprint density at radius 1 is 1.15 bits per heavy atom. The van der Waals surface area contributed by atoms with Gasteiger partial charge in [-0.3, -0.25) is 9.89 Å². The number of fused-ring (bicyclic) bond motifs is 1. The van der Waals surface area contributed by atoms with E-state index < -0.39 is 12.0 Å². The summed E-state index contributed by atoms with van der Waals surface area (Å²) in [6.07, 6.45) is 5.47. The van der Waals surface area contributed by atoms with Crippen molar-refractivity contribution >= 4 is 22.9 Å². The average Bonchev–Trinajstić information content (AvgIpc) is 3.14. The van der Waals surface area contributed by atoms with Crippen LogP contribution in [0.2, 0.25) is 0 Å². The topological polar surface area (TPSA) is 57.8 Å². The molecule has 1 atom stereocenters. The van der Waals surface area contributed by atoms with Gasteiger partial charge in [0.1, 0.15) is 0 Å². The van der Waals surface area contributed by atoms with Crippen LogP contribution in [0.4, 0.5) is 20.4 Å². The maximum Gasteiger partial charge on any atom is 0.280 e. The molecule has 1 unspecified atom stereocenters. The number of benzene rings is 1. The molecule has 8 heteroatoms. The Morgan fingerprint density at radius 3 is 2.59 bits per heavy atom. The number of nitrogens with zero attached hydrogens (tertiary/aromatic N) is 5. The number of hydrogen-bond acceptors (Lipinski definition) is 5. The molecule has 5 rings (SSSR count). The van der Waals surface area contributed by atoms with E-state index in [-0.39, 0.29) is 12.5 Å². The lowest BCUT2D eigenvalue weighted by Gasteiger charge is -2.45. The van der Waals surface area contributed by atoms with Crippen LogP contribution < -0.4 is 5.32 Å². The quantitative estimate of drug-likeness (QED) is 0.483. The molecule has 34 heavy (non-hydrogen) atoms. The van der Waals surface area contributed by atoms with Gasteiger partial charge in [-0.25, -0.2) is 18.3 Å². The predicted octanol–water partition coefficient (Wildman–Crippen LogP) is 5.80. The monoisotopic (exact) mass is 466 g/mol. The number of halogens is 2. The molecule has 2 aliphatic rings. The highest BCUT2D eigenvalue weighted by atomic mass is 19.3. The van der Waals surface area contributed by atoms with E-state index in [2.05, 4.69) is 26.5 Å². The molecule has 3 heterocycles. The lowest BCUT2D eigenvalue weighted by atomic mass is 9.88. The number of aryl methyl sites for hydroxylation is 2. The van der Waals surface area contributed by atoms with Crippen LogP contribution >= 0.6 is 0 Å². The first-order valence-corrected chi connectivity index (χ1v) is 12.1. The van der Waals surface area contributed by atoms with Crippen molar-refractivity contribution in [2.45, 2.75) is 71.4 Å². The Morgan fingerprint density at radius 2 is 1.94 bits per heavy atom. The molecule has 180 valence electrons. The van der Waals surface area contributed by atoms with E-state index in [1.165, 1.54) is 0 Å². The summed E-state index contributed by atoms with van der Waals surface area (Å²) in [6.45, 7) is 8.40. The fourth-order valence-corrected chi connectivity index (χ4v) is 5.05. The summed E-state index contributed by atoms with van der Waals surface area (Å²) in [5, 5.41) is 7.48. The minimum Gasteiger partial charge on any atom is -0.344 e. The molecule has 2 fully saturated rings. The number of anilines is 1. The first-order chi connectivity index (χ1) is 16.2. The fourth-order valence-electron chi connectivity index (χ4n) is 5.05. The van der Waals surface area contributed by atoms with Gasteiger partial charge < -0.3 is 5.32 Å². The molecule has 0 radical (unpaired) electrons. The summed E-state index contributed by atoms with van der Waals surface area (Å²) < 4.78 is 31.6. The SMILES string of the molecule is CC(C)=Nc1ccc(-c2ccn3nc(NC4CCN(C5CCC5)CC4(F)F)nc(C)c23)cc1C. The van der Waals surface area contributed by atoms with Crippen molar-refractivity contribution in [3.05, 3.63) is 41.7 Å². The number of likely N-dealkylation sites (tertiary alicyclic amines) is 1. The molecule has 1 aliphatic heterocycles. The average molecular weight is 467 g/mol. The predicted molar refractivity (Wildman–Crippen MR) is 133 cm³/mol. The largest absolute Gasteiger partial charge is 0.344 e. The molecule has 3 aromatic rings. The summed E-state index contributed by atoms with van der Waals surface area (Å²) in [5.41, 5.74) is 6.73. The Balaban J connectivity index is 1.39. The second kappa shape index (κ2) is 8.73. The van der Waals surface area contributed by atoms with E-state index in [0.717, 1.165) is 58.6 Å². The Labute approximate surface area is 199 Å². The zero-order valence-corrected chi connectivity index (χ0v) is 20.3. The molecule has 1 N–H and O–H groups in total. The minimum atomic E-state index is -2.82. The van der Waals surface area contributed by atoms with Gasteiger partial charge in [0, 0.05) is 30.1 Å². The molecule has 1 saturated carbocycles. The standard InChI is InChI=1S/C26H32F2N6/c1-16(2)29-22-9-8-19(14-17(22)3)21-10-13-34-24(21)18(4)30-25(32-34)31-23-11-12-33(15-26(23,27)28)20-6-5-7-20/h8-10,13-14,20,23H,5-7,11-12,15H2,1-4H3,(H,31,32). The van der Waals surface area contributed by atoms with Crippen LogP contribution in [0.15, 0.2) is 35.5 Å². The molecule has 0 bridgehead atoms. The van der Waals surface area contributed by atoms with Gasteiger partial charge in [-0.05, 0) is 76.3 Å². The molecule has 0 spiro atoms. The summed E-state index contributed by atoms with van der Waals surface area (Å²) in [7, 11) is 0. The third kappa shape index (κ3) is 4.31. The van der Waals surface area contributed by atoms with E-state index in [1.807, 2.05) is 57.0 Å².